The van der Waals surface area contributed by atoms with Gasteiger partial charge in [0, 0.05) is 26.9 Å². The van der Waals surface area contributed by atoms with E-state index in [1.54, 1.807) is 4.90 Å². The molecule has 0 aromatic heterocycles. The van der Waals surface area contributed by atoms with Crippen molar-refractivity contribution in [3.8, 4) is 0 Å². The van der Waals surface area contributed by atoms with Crippen molar-refractivity contribution in [1.82, 2.24) is 4.90 Å². The van der Waals surface area contributed by atoms with E-state index in [4.69, 9.17) is 14.0 Å². The summed E-state index contributed by atoms with van der Waals surface area (Å²) in [5.74, 6) is -1.47. The summed E-state index contributed by atoms with van der Waals surface area (Å²) >= 11 is 0. The van der Waals surface area contributed by atoms with Gasteiger partial charge in [-0.25, -0.2) is 4.79 Å². The Morgan fingerprint density at radius 3 is 2.27 bits per heavy atom. The summed E-state index contributed by atoms with van der Waals surface area (Å²) in [7, 11) is -0.363. The van der Waals surface area contributed by atoms with Gasteiger partial charge in [-0.2, -0.15) is 0 Å². The fourth-order valence-electron chi connectivity index (χ4n) is 2.34. The zero-order chi connectivity index (χ0) is 16.8. The van der Waals surface area contributed by atoms with Gasteiger partial charge >= 0.3 is 13.2 Å². The maximum absolute atomic E-state index is 11.9. The molecule has 0 aromatic carbocycles. The van der Waals surface area contributed by atoms with Crippen molar-refractivity contribution in [2.24, 2.45) is 0 Å². The normalized spacial score (nSPS) is 24.2. The smallest absolute Gasteiger partial charge is 0.418 e. The molecule has 0 bridgehead atoms. The maximum atomic E-state index is 11.9. The molecule has 0 unspecified atom stereocenters. The largest absolute Gasteiger partial charge is 0.490 e. The number of ether oxygens (including phenoxy) is 1. The van der Waals surface area contributed by atoms with Gasteiger partial charge in [0.1, 0.15) is 0 Å². The van der Waals surface area contributed by atoms with Crippen LogP contribution in [0.1, 0.15) is 48.0 Å². The highest BCUT2D eigenvalue weighted by atomic mass is 16.7. The lowest BCUT2D eigenvalue weighted by Gasteiger charge is -2.32. The van der Waals surface area contributed by atoms with E-state index in [2.05, 4.69) is 0 Å². The van der Waals surface area contributed by atoms with Gasteiger partial charge in [0.15, 0.2) is 0 Å². The Morgan fingerprint density at radius 2 is 1.86 bits per heavy atom. The van der Waals surface area contributed by atoms with E-state index >= 15 is 0 Å². The van der Waals surface area contributed by atoms with E-state index in [1.807, 2.05) is 33.8 Å². The number of amides is 1. The molecule has 0 aliphatic carbocycles. The minimum atomic E-state index is -1.47. The molecule has 0 radical (unpaired) electrons. The number of rotatable bonds is 2. The molecule has 1 N–H and O–H groups in total. The average molecular weight is 311 g/mol. The maximum Gasteiger partial charge on any atom is 0.490 e. The SMILES string of the molecule is CC(C)(O)OC(=O)N1CC=C(B2OC(C)(C)C(C)(C)O2)CC1. The van der Waals surface area contributed by atoms with Crippen LogP contribution in [0.25, 0.3) is 0 Å². The van der Waals surface area contributed by atoms with Crippen LogP contribution in [-0.2, 0) is 14.0 Å². The number of hydrogen-bond acceptors (Lipinski definition) is 5. The first-order chi connectivity index (χ1) is 9.91. The van der Waals surface area contributed by atoms with E-state index in [0.29, 0.717) is 19.5 Å². The molecule has 2 rings (SSSR count). The third-order valence-corrected chi connectivity index (χ3v) is 4.40. The van der Waals surface area contributed by atoms with Crippen molar-refractivity contribution >= 4 is 13.2 Å². The summed E-state index contributed by atoms with van der Waals surface area (Å²) in [5.41, 5.74) is 0.316. The number of hydrogen-bond donors (Lipinski definition) is 1. The van der Waals surface area contributed by atoms with Gasteiger partial charge in [-0.05, 0) is 39.6 Å². The predicted octanol–water partition coefficient (Wildman–Crippen LogP) is 2.11. The highest BCUT2D eigenvalue weighted by Gasteiger charge is 2.52. The fraction of sp³-hybridized carbons (Fsp3) is 0.800. The van der Waals surface area contributed by atoms with Crippen LogP contribution in [0, 0.1) is 0 Å². The predicted molar refractivity (Wildman–Crippen MR) is 83.1 cm³/mol. The lowest BCUT2D eigenvalue weighted by molar-refractivity contribution is -0.139. The average Bonchev–Trinajstić information content (AvgIpc) is 2.56. The monoisotopic (exact) mass is 311 g/mol. The van der Waals surface area contributed by atoms with Gasteiger partial charge in [0.25, 0.3) is 0 Å². The third-order valence-electron chi connectivity index (χ3n) is 4.40. The minimum absolute atomic E-state index is 0.363. The first kappa shape index (κ1) is 17.3. The van der Waals surface area contributed by atoms with Crippen LogP contribution < -0.4 is 0 Å². The van der Waals surface area contributed by atoms with Crippen molar-refractivity contribution in [1.29, 1.82) is 0 Å². The quantitative estimate of drug-likeness (QED) is 0.625. The molecule has 2 aliphatic rings. The van der Waals surface area contributed by atoms with Crippen molar-refractivity contribution in [2.45, 2.75) is 65.0 Å². The molecule has 0 atom stereocenters. The molecule has 0 saturated carbocycles. The zero-order valence-electron chi connectivity index (χ0n) is 14.3. The Morgan fingerprint density at radius 1 is 1.32 bits per heavy atom. The summed E-state index contributed by atoms with van der Waals surface area (Å²) < 4.78 is 17.0. The van der Waals surface area contributed by atoms with Gasteiger partial charge < -0.3 is 24.1 Å². The van der Waals surface area contributed by atoms with E-state index in [0.717, 1.165) is 5.47 Å². The van der Waals surface area contributed by atoms with Crippen molar-refractivity contribution in [2.75, 3.05) is 13.1 Å². The Labute approximate surface area is 132 Å². The van der Waals surface area contributed by atoms with Gasteiger partial charge in [-0.15, -0.1) is 0 Å². The zero-order valence-corrected chi connectivity index (χ0v) is 14.3. The van der Waals surface area contributed by atoms with Gasteiger partial charge in [0.2, 0.25) is 5.79 Å². The van der Waals surface area contributed by atoms with Crippen LogP contribution in [0.3, 0.4) is 0 Å². The Bertz CT molecular complexity index is 465. The van der Waals surface area contributed by atoms with E-state index in [-0.39, 0.29) is 18.3 Å². The van der Waals surface area contributed by atoms with Crippen molar-refractivity contribution in [3.05, 3.63) is 11.5 Å². The molecule has 6 nitrogen and oxygen atoms in total. The third kappa shape index (κ3) is 3.64. The number of aliphatic hydroxyl groups is 1. The summed E-state index contributed by atoms with van der Waals surface area (Å²) in [4.78, 5) is 13.4. The highest BCUT2D eigenvalue weighted by Crippen LogP contribution is 2.39. The van der Waals surface area contributed by atoms with E-state index in [9.17, 15) is 9.90 Å². The van der Waals surface area contributed by atoms with Crippen molar-refractivity contribution in [3.63, 3.8) is 0 Å². The van der Waals surface area contributed by atoms with Gasteiger partial charge in [0.05, 0.1) is 11.2 Å². The Balaban J connectivity index is 1.97. The van der Waals surface area contributed by atoms with Crippen LogP contribution in [0.15, 0.2) is 11.5 Å². The topological polar surface area (TPSA) is 68.2 Å². The molecule has 0 aromatic rings. The standard InChI is InChI=1S/C15H26BNO5/c1-13(2)14(3,4)22-16(21-13)11-7-9-17(10-8-11)12(18)20-15(5,6)19/h7,19H,8-10H2,1-6H3. The number of carbonyl (C=O) groups excluding carboxylic acids is 1. The lowest BCUT2D eigenvalue weighted by atomic mass is 9.75. The van der Waals surface area contributed by atoms with Crippen LogP contribution >= 0.6 is 0 Å². The number of nitrogens with zero attached hydrogens (tertiary/aromatic N) is 1. The summed E-state index contributed by atoms with van der Waals surface area (Å²) in [6, 6.07) is 0. The second-order valence-electron chi connectivity index (χ2n) is 7.38. The molecule has 22 heavy (non-hydrogen) atoms. The molecular weight excluding hydrogens is 285 g/mol. The molecule has 7 heteroatoms. The molecule has 2 aliphatic heterocycles. The molecular formula is C15H26BNO5. The lowest BCUT2D eigenvalue weighted by Crippen LogP contribution is -2.41. The van der Waals surface area contributed by atoms with Crippen LogP contribution in [0.4, 0.5) is 4.79 Å². The van der Waals surface area contributed by atoms with Gasteiger partial charge in [-0.1, -0.05) is 6.08 Å². The molecule has 0 spiro atoms. The van der Waals surface area contributed by atoms with E-state index in [1.165, 1.54) is 13.8 Å². The molecule has 2 heterocycles. The molecule has 1 amide bonds. The summed E-state index contributed by atoms with van der Waals surface area (Å²) in [6.07, 6.45) is 2.09. The Hall–Kier alpha value is -1.05. The molecule has 1 saturated heterocycles. The van der Waals surface area contributed by atoms with E-state index < -0.39 is 11.9 Å². The number of carbonyl (C=O) groups is 1. The summed E-state index contributed by atoms with van der Waals surface area (Å²) in [5, 5.41) is 9.53. The second kappa shape index (κ2) is 5.55. The first-order valence-corrected chi connectivity index (χ1v) is 7.66. The Kier molecular flexibility index (Phi) is 4.36. The van der Waals surface area contributed by atoms with Gasteiger partial charge in [-0.3, -0.25) is 0 Å². The minimum Gasteiger partial charge on any atom is -0.418 e. The summed E-state index contributed by atoms with van der Waals surface area (Å²) in [6.45, 7) is 11.9. The van der Waals surface area contributed by atoms with Crippen LogP contribution in [-0.4, -0.2) is 53.3 Å². The first-order valence-electron chi connectivity index (χ1n) is 7.66. The molecule has 1 fully saturated rings. The van der Waals surface area contributed by atoms with Crippen LogP contribution in [0.5, 0.6) is 0 Å². The van der Waals surface area contributed by atoms with Crippen LogP contribution in [0.2, 0.25) is 0 Å². The highest BCUT2D eigenvalue weighted by molar-refractivity contribution is 6.54. The molecule has 124 valence electrons. The van der Waals surface area contributed by atoms with Crippen molar-refractivity contribution < 1.29 is 23.9 Å². The fourth-order valence-corrected chi connectivity index (χ4v) is 2.34. The second-order valence-corrected chi connectivity index (χ2v) is 7.38.